The van der Waals surface area contributed by atoms with Crippen LogP contribution in [-0.4, -0.2) is 68.1 Å². The van der Waals surface area contributed by atoms with Gasteiger partial charge in [-0.05, 0) is 31.0 Å². The standard InChI is InChI=1S/C18H27ClN4O2.HI/c1-3-25-12-4-9-21-18(20-2)23-11-10-22(17(24)14-23)13-15-5-7-16(19)8-6-15;/h5-8H,3-4,9-14H2,1-2H3,(H,20,21);1H. The van der Waals surface area contributed by atoms with Crippen LogP contribution in [0.1, 0.15) is 18.9 Å². The highest BCUT2D eigenvalue weighted by Crippen LogP contribution is 2.13. The van der Waals surface area contributed by atoms with Gasteiger partial charge in [-0.15, -0.1) is 24.0 Å². The van der Waals surface area contributed by atoms with Gasteiger partial charge in [0.25, 0.3) is 0 Å². The molecule has 1 aromatic carbocycles. The highest BCUT2D eigenvalue weighted by atomic mass is 127. The third kappa shape index (κ3) is 7.28. The maximum Gasteiger partial charge on any atom is 0.242 e. The van der Waals surface area contributed by atoms with Gasteiger partial charge in [-0.25, -0.2) is 0 Å². The fourth-order valence-corrected chi connectivity index (χ4v) is 2.84. The van der Waals surface area contributed by atoms with E-state index in [0.717, 1.165) is 44.2 Å². The van der Waals surface area contributed by atoms with E-state index in [1.165, 1.54) is 0 Å². The molecule has 1 heterocycles. The minimum absolute atomic E-state index is 0. The molecule has 0 saturated carbocycles. The Kier molecular flexibility index (Phi) is 10.9. The molecule has 1 amide bonds. The Morgan fingerprint density at radius 1 is 1.31 bits per heavy atom. The largest absolute Gasteiger partial charge is 0.382 e. The second-order valence-corrected chi connectivity index (χ2v) is 6.32. The molecule has 0 bridgehead atoms. The third-order valence-corrected chi connectivity index (χ3v) is 4.32. The molecule has 1 saturated heterocycles. The topological polar surface area (TPSA) is 57.2 Å². The number of ether oxygens (including phenoxy) is 1. The molecule has 8 heteroatoms. The van der Waals surface area contributed by atoms with Crippen LogP contribution in [0.25, 0.3) is 0 Å². The second kappa shape index (κ2) is 12.3. The number of halogens is 2. The fraction of sp³-hybridized carbons (Fsp3) is 0.556. The maximum absolute atomic E-state index is 12.5. The minimum Gasteiger partial charge on any atom is -0.382 e. The van der Waals surface area contributed by atoms with E-state index in [2.05, 4.69) is 10.3 Å². The van der Waals surface area contributed by atoms with Crippen LogP contribution in [0.5, 0.6) is 0 Å². The van der Waals surface area contributed by atoms with E-state index in [1.807, 2.05) is 41.0 Å². The van der Waals surface area contributed by atoms with Crippen molar-refractivity contribution in [1.82, 2.24) is 15.1 Å². The molecule has 0 radical (unpaired) electrons. The van der Waals surface area contributed by atoms with Gasteiger partial charge >= 0.3 is 0 Å². The quantitative estimate of drug-likeness (QED) is 0.274. The van der Waals surface area contributed by atoms with Gasteiger partial charge in [-0.1, -0.05) is 23.7 Å². The van der Waals surface area contributed by atoms with Crippen LogP contribution in [0.15, 0.2) is 29.3 Å². The van der Waals surface area contributed by atoms with Gasteiger partial charge in [0, 0.05) is 51.5 Å². The summed E-state index contributed by atoms with van der Waals surface area (Å²) in [4.78, 5) is 20.6. The molecule has 1 aromatic rings. The molecule has 2 rings (SSSR count). The molecule has 0 aromatic heterocycles. The molecule has 1 fully saturated rings. The molecule has 0 spiro atoms. The van der Waals surface area contributed by atoms with Gasteiger partial charge in [0.2, 0.25) is 5.91 Å². The Balaban J connectivity index is 0.00000338. The van der Waals surface area contributed by atoms with E-state index < -0.39 is 0 Å². The minimum atomic E-state index is 0. The zero-order valence-electron chi connectivity index (χ0n) is 15.4. The third-order valence-electron chi connectivity index (χ3n) is 4.07. The van der Waals surface area contributed by atoms with Gasteiger partial charge in [0.15, 0.2) is 5.96 Å². The van der Waals surface area contributed by atoms with E-state index in [1.54, 1.807) is 7.05 Å². The Morgan fingerprint density at radius 2 is 2.04 bits per heavy atom. The average molecular weight is 495 g/mol. The van der Waals surface area contributed by atoms with E-state index >= 15 is 0 Å². The van der Waals surface area contributed by atoms with Crippen molar-refractivity contribution in [2.24, 2.45) is 4.99 Å². The van der Waals surface area contributed by atoms with Crippen LogP contribution in [0.4, 0.5) is 0 Å². The van der Waals surface area contributed by atoms with Crippen LogP contribution in [0.3, 0.4) is 0 Å². The van der Waals surface area contributed by atoms with Crippen molar-refractivity contribution in [2.75, 3.05) is 46.4 Å². The predicted octanol–water partition coefficient (Wildman–Crippen LogP) is 2.60. The molecular weight excluding hydrogens is 467 g/mol. The van der Waals surface area contributed by atoms with Crippen LogP contribution in [0.2, 0.25) is 5.02 Å². The summed E-state index contributed by atoms with van der Waals surface area (Å²) in [7, 11) is 1.75. The summed E-state index contributed by atoms with van der Waals surface area (Å²) in [5.74, 6) is 0.884. The smallest absolute Gasteiger partial charge is 0.242 e. The van der Waals surface area contributed by atoms with Crippen LogP contribution in [0, 0.1) is 0 Å². The Labute approximate surface area is 177 Å². The molecule has 1 N–H and O–H groups in total. The predicted molar refractivity (Wildman–Crippen MR) is 116 cm³/mol. The Hall–Kier alpha value is -1.06. The second-order valence-electron chi connectivity index (χ2n) is 5.89. The van der Waals surface area contributed by atoms with Gasteiger partial charge in [-0.2, -0.15) is 0 Å². The summed E-state index contributed by atoms with van der Waals surface area (Å²) in [5, 5.41) is 4.01. The average Bonchev–Trinajstić information content (AvgIpc) is 2.62. The summed E-state index contributed by atoms with van der Waals surface area (Å²) in [6.07, 6.45) is 0.914. The number of aliphatic imine (C=N–C) groups is 1. The van der Waals surface area contributed by atoms with Crippen molar-refractivity contribution >= 4 is 47.4 Å². The number of carbonyl (C=O) groups excluding carboxylic acids is 1. The van der Waals surface area contributed by atoms with Crippen molar-refractivity contribution < 1.29 is 9.53 Å². The number of piperazine rings is 1. The lowest BCUT2D eigenvalue weighted by molar-refractivity contribution is -0.135. The number of guanidine groups is 1. The lowest BCUT2D eigenvalue weighted by Crippen LogP contribution is -2.55. The van der Waals surface area contributed by atoms with Crippen molar-refractivity contribution in [1.29, 1.82) is 0 Å². The zero-order valence-corrected chi connectivity index (χ0v) is 18.5. The maximum atomic E-state index is 12.5. The summed E-state index contributed by atoms with van der Waals surface area (Å²) in [6, 6.07) is 7.62. The van der Waals surface area contributed by atoms with Gasteiger partial charge in [-0.3, -0.25) is 9.79 Å². The first kappa shape index (κ1) is 23.0. The molecule has 146 valence electrons. The van der Waals surface area contributed by atoms with E-state index in [0.29, 0.717) is 24.7 Å². The van der Waals surface area contributed by atoms with E-state index in [9.17, 15) is 4.79 Å². The summed E-state index contributed by atoms with van der Waals surface area (Å²) >= 11 is 5.91. The highest BCUT2D eigenvalue weighted by Gasteiger charge is 2.25. The molecule has 1 aliphatic rings. The van der Waals surface area contributed by atoms with Crippen LogP contribution >= 0.6 is 35.6 Å². The summed E-state index contributed by atoms with van der Waals surface area (Å²) < 4.78 is 5.33. The van der Waals surface area contributed by atoms with Gasteiger partial charge in [0.1, 0.15) is 0 Å². The highest BCUT2D eigenvalue weighted by molar-refractivity contribution is 14.0. The molecule has 26 heavy (non-hydrogen) atoms. The number of amides is 1. The molecule has 0 atom stereocenters. The number of carbonyl (C=O) groups is 1. The number of rotatable bonds is 7. The Bertz CT molecular complexity index is 583. The zero-order chi connectivity index (χ0) is 18.1. The number of nitrogens with zero attached hydrogens (tertiary/aromatic N) is 3. The normalized spacial score (nSPS) is 15.0. The fourth-order valence-electron chi connectivity index (χ4n) is 2.72. The first-order chi connectivity index (χ1) is 12.1. The number of hydrogen-bond donors (Lipinski definition) is 1. The van der Waals surface area contributed by atoms with Crippen LogP contribution < -0.4 is 5.32 Å². The molecule has 6 nitrogen and oxygen atoms in total. The number of benzene rings is 1. The first-order valence-electron chi connectivity index (χ1n) is 8.69. The van der Waals surface area contributed by atoms with Crippen molar-refractivity contribution in [3.8, 4) is 0 Å². The first-order valence-corrected chi connectivity index (χ1v) is 9.07. The van der Waals surface area contributed by atoms with Gasteiger partial charge in [0.05, 0.1) is 6.54 Å². The monoisotopic (exact) mass is 494 g/mol. The van der Waals surface area contributed by atoms with Crippen molar-refractivity contribution in [3.63, 3.8) is 0 Å². The van der Waals surface area contributed by atoms with E-state index in [4.69, 9.17) is 16.3 Å². The molecule has 0 unspecified atom stereocenters. The van der Waals surface area contributed by atoms with Crippen molar-refractivity contribution in [2.45, 2.75) is 19.9 Å². The summed E-state index contributed by atoms with van der Waals surface area (Å²) in [6.45, 7) is 6.65. The lowest BCUT2D eigenvalue weighted by atomic mass is 10.2. The molecule has 1 aliphatic heterocycles. The van der Waals surface area contributed by atoms with Crippen molar-refractivity contribution in [3.05, 3.63) is 34.9 Å². The number of nitrogens with one attached hydrogen (secondary N) is 1. The van der Waals surface area contributed by atoms with Crippen LogP contribution in [-0.2, 0) is 16.1 Å². The SMILES string of the molecule is CCOCCCNC(=NC)N1CCN(Cc2ccc(Cl)cc2)C(=O)C1.I. The lowest BCUT2D eigenvalue weighted by Gasteiger charge is -2.36. The molecular formula is C18H28ClIN4O2. The molecule has 0 aliphatic carbocycles. The Morgan fingerprint density at radius 3 is 2.65 bits per heavy atom. The number of hydrogen-bond acceptors (Lipinski definition) is 3. The van der Waals surface area contributed by atoms with Gasteiger partial charge < -0.3 is 19.9 Å². The summed E-state index contributed by atoms with van der Waals surface area (Å²) in [5.41, 5.74) is 1.09. The van der Waals surface area contributed by atoms with E-state index in [-0.39, 0.29) is 29.9 Å².